The quantitative estimate of drug-likeness (QED) is 0.459. The molecule has 1 amide bonds. The highest BCUT2D eigenvalue weighted by molar-refractivity contribution is 6.31. The first kappa shape index (κ1) is 19.6. The maximum absolute atomic E-state index is 13.0. The smallest absolute Gasteiger partial charge is 0.328 e. The van der Waals surface area contributed by atoms with Crippen LogP contribution in [0.2, 0.25) is 5.02 Å². The molecule has 2 aromatic heterocycles. The van der Waals surface area contributed by atoms with Crippen LogP contribution in [0.4, 0.5) is 0 Å². The van der Waals surface area contributed by atoms with Gasteiger partial charge in [-0.1, -0.05) is 29.8 Å². The molecular formula is C20H17ClN6O3. The summed E-state index contributed by atoms with van der Waals surface area (Å²) in [6, 6.07) is 11.5. The lowest BCUT2D eigenvalue weighted by molar-refractivity contribution is -0.142. The van der Waals surface area contributed by atoms with Crippen molar-refractivity contribution < 1.29 is 14.3 Å². The second-order valence-corrected chi connectivity index (χ2v) is 6.97. The van der Waals surface area contributed by atoms with Gasteiger partial charge in [0.1, 0.15) is 12.4 Å². The highest BCUT2D eigenvalue weighted by Gasteiger charge is 2.25. The van der Waals surface area contributed by atoms with Crippen LogP contribution < -0.4 is 5.32 Å². The number of benzene rings is 2. The van der Waals surface area contributed by atoms with Crippen LogP contribution in [-0.4, -0.2) is 50.2 Å². The van der Waals surface area contributed by atoms with Crippen LogP contribution in [0.1, 0.15) is 15.9 Å². The van der Waals surface area contributed by atoms with Gasteiger partial charge >= 0.3 is 5.97 Å². The first-order valence-corrected chi connectivity index (χ1v) is 9.41. The van der Waals surface area contributed by atoms with E-state index in [4.69, 9.17) is 16.3 Å². The van der Waals surface area contributed by atoms with Gasteiger partial charge in [-0.25, -0.2) is 4.79 Å². The normalized spacial score (nSPS) is 11.9. The minimum Gasteiger partial charge on any atom is -0.467 e. The maximum Gasteiger partial charge on any atom is 0.328 e. The summed E-state index contributed by atoms with van der Waals surface area (Å²) in [5.41, 5.74) is 2.49. The molecule has 0 aliphatic carbocycles. The number of carbonyl (C=O) groups excluding carboxylic acids is 2. The van der Waals surface area contributed by atoms with E-state index in [1.165, 1.54) is 18.1 Å². The number of hydrogen-bond acceptors (Lipinski definition) is 6. The van der Waals surface area contributed by atoms with Crippen molar-refractivity contribution in [1.82, 2.24) is 30.5 Å². The molecule has 0 aliphatic rings. The van der Waals surface area contributed by atoms with Gasteiger partial charge in [0.05, 0.1) is 18.4 Å². The molecule has 0 aliphatic heterocycles. The third-order valence-electron chi connectivity index (χ3n) is 4.69. The van der Waals surface area contributed by atoms with Gasteiger partial charge in [-0.3, -0.25) is 4.79 Å². The van der Waals surface area contributed by atoms with Gasteiger partial charge in [0.2, 0.25) is 0 Å². The first-order valence-electron chi connectivity index (χ1n) is 9.03. The fourth-order valence-corrected chi connectivity index (χ4v) is 3.42. The Morgan fingerprint density at radius 3 is 2.87 bits per heavy atom. The molecule has 0 radical (unpaired) electrons. The third-order valence-corrected chi connectivity index (χ3v) is 4.93. The number of methoxy groups -OCH3 is 1. The molecule has 9 nitrogen and oxygen atoms in total. The molecule has 1 atom stereocenters. The summed E-state index contributed by atoms with van der Waals surface area (Å²) in [5.74, 6) is -1.03. The number of amides is 1. The molecule has 2 N–H and O–H groups in total. The SMILES string of the molecule is COC(=O)[C@@H](Cc1c[nH]c2ccccc12)NC(=O)c1ccc(Cl)cc1-n1cnnn1. The highest BCUT2D eigenvalue weighted by atomic mass is 35.5. The van der Waals surface area contributed by atoms with Crippen molar-refractivity contribution >= 4 is 34.4 Å². The zero-order chi connectivity index (χ0) is 21.1. The molecular weight excluding hydrogens is 408 g/mol. The van der Waals surface area contributed by atoms with Gasteiger partial charge in [0, 0.05) is 28.5 Å². The summed E-state index contributed by atoms with van der Waals surface area (Å²) in [7, 11) is 1.28. The molecule has 2 heterocycles. The molecule has 10 heteroatoms. The van der Waals surface area contributed by atoms with E-state index in [9.17, 15) is 9.59 Å². The number of ether oxygens (including phenoxy) is 1. The van der Waals surface area contributed by atoms with Crippen LogP contribution in [0.15, 0.2) is 55.0 Å². The van der Waals surface area contributed by atoms with Crippen LogP contribution >= 0.6 is 11.6 Å². The predicted octanol–water partition coefficient (Wildman–Crippen LogP) is 2.31. The van der Waals surface area contributed by atoms with E-state index in [0.29, 0.717) is 10.7 Å². The number of aromatic amines is 1. The summed E-state index contributed by atoms with van der Waals surface area (Å²) >= 11 is 6.08. The zero-order valence-corrected chi connectivity index (χ0v) is 16.6. The number of fused-ring (bicyclic) bond motifs is 1. The topological polar surface area (TPSA) is 115 Å². The fourth-order valence-electron chi connectivity index (χ4n) is 3.25. The van der Waals surface area contributed by atoms with Crippen molar-refractivity contribution in [3.63, 3.8) is 0 Å². The van der Waals surface area contributed by atoms with Gasteiger partial charge in [0.15, 0.2) is 0 Å². The van der Waals surface area contributed by atoms with E-state index in [2.05, 4.69) is 25.8 Å². The fraction of sp³-hybridized carbons (Fsp3) is 0.150. The van der Waals surface area contributed by atoms with Gasteiger partial charge < -0.3 is 15.0 Å². The Balaban J connectivity index is 1.63. The van der Waals surface area contributed by atoms with Gasteiger partial charge in [0.25, 0.3) is 5.91 Å². The number of nitrogens with zero attached hydrogens (tertiary/aromatic N) is 4. The molecule has 4 aromatic rings. The molecule has 30 heavy (non-hydrogen) atoms. The number of halogens is 1. The van der Waals surface area contributed by atoms with Crippen molar-refractivity contribution in [3.8, 4) is 5.69 Å². The van der Waals surface area contributed by atoms with Crippen molar-refractivity contribution in [1.29, 1.82) is 0 Å². The monoisotopic (exact) mass is 424 g/mol. The summed E-state index contributed by atoms with van der Waals surface area (Å²) in [6.45, 7) is 0. The minimum atomic E-state index is -0.890. The number of nitrogens with one attached hydrogen (secondary N) is 2. The van der Waals surface area contributed by atoms with Crippen molar-refractivity contribution in [3.05, 3.63) is 71.1 Å². The Morgan fingerprint density at radius 2 is 2.10 bits per heavy atom. The molecule has 4 rings (SSSR count). The van der Waals surface area contributed by atoms with Gasteiger partial charge in [-0.2, -0.15) is 4.68 Å². The predicted molar refractivity (Wildman–Crippen MR) is 109 cm³/mol. The zero-order valence-electron chi connectivity index (χ0n) is 15.9. The largest absolute Gasteiger partial charge is 0.467 e. The van der Waals surface area contributed by atoms with E-state index in [1.807, 2.05) is 30.5 Å². The van der Waals surface area contributed by atoms with E-state index >= 15 is 0 Å². The number of H-pyrrole nitrogens is 1. The average Bonchev–Trinajstić information content (AvgIpc) is 3.43. The van der Waals surface area contributed by atoms with Crippen LogP contribution in [0.25, 0.3) is 16.6 Å². The number of esters is 1. The summed E-state index contributed by atoms with van der Waals surface area (Å²) in [4.78, 5) is 28.6. The lowest BCUT2D eigenvalue weighted by Gasteiger charge is -2.17. The Kier molecular flexibility index (Phi) is 5.44. The molecule has 152 valence electrons. The number of rotatable bonds is 6. The van der Waals surface area contributed by atoms with Crippen molar-refractivity contribution in [2.45, 2.75) is 12.5 Å². The van der Waals surface area contributed by atoms with Gasteiger partial charge in [-0.05, 0) is 40.3 Å². The number of hydrogen-bond donors (Lipinski definition) is 2. The Bertz CT molecular complexity index is 1200. The summed E-state index contributed by atoms with van der Waals surface area (Å²) < 4.78 is 6.24. The van der Waals surface area contributed by atoms with E-state index in [-0.39, 0.29) is 12.0 Å². The molecule has 0 bridgehead atoms. The number of carbonyl (C=O) groups is 2. The second-order valence-electron chi connectivity index (χ2n) is 6.53. The number of tetrazole rings is 1. The number of para-hydroxylation sites is 1. The van der Waals surface area contributed by atoms with E-state index < -0.39 is 17.9 Å². The molecule has 0 saturated carbocycles. The van der Waals surface area contributed by atoms with Crippen molar-refractivity contribution in [2.75, 3.05) is 7.11 Å². The lowest BCUT2D eigenvalue weighted by atomic mass is 10.0. The third kappa shape index (κ3) is 3.87. The summed E-state index contributed by atoms with van der Waals surface area (Å²) in [6.07, 6.45) is 3.43. The molecule has 2 aromatic carbocycles. The van der Waals surface area contributed by atoms with Crippen LogP contribution in [0, 0.1) is 0 Å². The Morgan fingerprint density at radius 1 is 1.27 bits per heavy atom. The maximum atomic E-state index is 13.0. The molecule has 0 fully saturated rings. The highest BCUT2D eigenvalue weighted by Crippen LogP contribution is 2.21. The van der Waals surface area contributed by atoms with Crippen LogP contribution in [-0.2, 0) is 16.0 Å². The van der Waals surface area contributed by atoms with Gasteiger partial charge in [-0.15, -0.1) is 5.10 Å². The molecule has 0 unspecified atom stereocenters. The Hall–Kier alpha value is -3.72. The average molecular weight is 425 g/mol. The second kappa shape index (κ2) is 8.34. The molecule has 0 saturated heterocycles. The van der Waals surface area contributed by atoms with E-state index in [0.717, 1.165) is 16.5 Å². The minimum absolute atomic E-state index is 0.260. The lowest BCUT2D eigenvalue weighted by Crippen LogP contribution is -2.43. The standard InChI is InChI=1S/C20H17ClN6O3/c1-30-20(29)17(8-12-10-22-16-5-3-2-4-14(12)16)24-19(28)15-7-6-13(21)9-18(15)27-11-23-25-26-27/h2-7,9-11,17,22H,8H2,1H3,(H,24,28)/t17-/m1/s1. The summed E-state index contributed by atoms with van der Waals surface area (Å²) in [5, 5.41) is 15.1. The van der Waals surface area contributed by atoms with Crippen molar-refractivity contribution in [2.24, 2.45) is 0 Å². The first-order chi connectivity index (χ1) is 14.6. The van der Waals surface area contributed by atoms with Crippen LogP contribution in [0.5, 0.6) is 0 Å². The van der Waals surface area contributed by atoms with E-state index in [1.54, 1.807) is 18.2 Å². The number of aromatic nitrogens is 5. The van der Waals surface area contributed by atoms with Crippen LogP contribution in [0.3, 0.4) is 0 Å². The molecule has 0 spiro atoms. The Labute approximate surface area is 176 Å².